The molecule has 2 nitrogen and oxygen atoms in total. The van der Waals surface area contributed by atoms with Crippen LogP contribution in [0.25, 0.3) is 0 Å². The van der Waals surface area contributed by atoms with Crippen LogP contribution in [0.1, 0.15) is 6.92 Å². The first-order chi connectivity index (χ1) is 7.04. The molecule has 1 aromatic heterocycles. The van der Waals surface area contributed by atoms with Gasteiger partial charge in [0.1, 0.15) is 12.4 Å². The van der Waals surface area contributed by atoms with E-state index in [1.54, 1.807) is 19.1 Å². The van der Waals surface area contributed by atoms with Crippen LogP contribution in [0.4, 0.5) is 12.9 Å². The highest BCUT2D eigenvalue weighted by molar-refractivity contribution is 6.73. The fourth-order valence-electron chi connectivity index (χ4n) is 0.934. The molecule has 0 aliphatic rings. The smallest absolute Gasteiger partial charge is 0.488 e. The average Bonchev–Trinajstić information content (AvgIpc) is 2.17. The minimum Gasteiger partial charge on any atom is -0.488 e. The Hall–Kier alpha value is -1.46. The first kappa shape index (κ1) is 11.6. The van der Waals surface area contributed by atoms with Crippen LogP contribution in [0.3, 0.4) is 0 Å². The lowest BCUT2D eigenvalue weighted by molar-refractivity contribution is 0.361. The molecule has 1 rings (SSSR count). The first-order valence-corrected chi connectivity index (χ1v) is 4.43. The summed E-state index contributed by atoms with van der Waals surface area (Å²) in [7, 11) is 0. The van der Waals surface area contributed by atoms with Gasteiger partial charge < -0.3 is 17.7 Å². The molecule has 0 aromatic carbocycles. The Morgan fingerprint density at radius 1 is 1.40 bits per heavy atom. The van der Waals surface area contributed by atoms with Gasteiger partial charge in [-0.25, -0.2) is 0 Å². The number of allylic oxidation sites excluding steroid dienone is 1. The quantitative estimate of drug-likeness (QED) is 0.567. The Labute approximate surface area is 85.8 Å². The molecule has 0 bridgehead atoms. The summed E-state index contributed by atoms with van der Waals surface area (Å²) in [6.45, 7) is -2.96. The zero-order chi connectivity index (χ0) is 11.3. The summed E-state index contributed by atoms with van der Waals surface area (Å²) in [5.74, 6) is 0.129. The van der Waals surface area contributed by atoms with Gasteiger partial charge in [-0.2, -0.15) is 0 Å². The molecule has 82 valence electrons. The second-order valence-corrected chi connectivity index (χ2v) is 2.91. The fourth-order valence-corrected chi connectivity index (χ4v) is 0.934. The number of nitrogens with zero attached hydrogens (tertiary/aromatic N) is 1. The molecule has 0 saturated carbocycles. The molecule has 6 heteroatoms. The monoisotopic (exact) mass is 216 g/mol. The number of ether oxygens (including phenoxy) is 1. The van der Waals surface area contributed by atoms with Gasteiger partial charge in [0, 0.05) is 6.20 Å². The van der Waals surface area contributed by atoms with Crippen molar-refractivity contribution in [3.05, 3.63) is 30.6 Å². The third-order valence-corrected chi connectivity index (χ3v) is 1.69. The van der Waals surface area contributed by atoms with Gasteiger partial charge >= 0.3 is 6.98 Å². The molecule has 0 spiro atoms. The van der Waals surface area contributed by atoms with Crippen molar-refractivity contribution in [1.82, 2.24) is 4.98 Å². The minimum atomic E-state index is -5.01. The predicted molar refractivity (Wildman–Crippen MR) is 53.3 cm³/mol. The SMILES string of the molecule is CC=CCOc1cncc([B-](F)(F)F)c1. The molecular formula is C9H10BF3NO-. The summed E-state index contributed by atoms with van der Waals surface area (Å²) < 4.78 is 42.0. The Bertz CT molecular complexity index is 351. The van der Waals surface area contributed by atoms with Gasteiger partial charge in [0.25, 0.3) is 0 Å². The van der Waals surface area contributed by atoms with Crippen LogP contribution in [0, 0.1) is 0 Å². The van der Waals surface area contributed by atoms with Crippen LogP contribution < -0.4 is 10.2 Å². The maximum Gasteiger partial charge on any atom is 0.511 e. The van der Waals surface area contributed by atoms with Crippen molar-refractivity contribution in [2.24, 2.45) is 0 Å². The van der Waals surface area contributed by atoms with E-state index in [1.807, 2.05) is 0 Å². The molecule has 0 fully saturated rings. The molecule has 0 saturated heterocycles. The van der Waals surface area contributed by atoms with E-state index < -0.39 is 12.4 Å². The summed E-state index contributed by atoms with van der Waals surface area (Å²) in [5.41, 5.74) is -0.743. The molecule has 0 amide bonds. The van der Waals surface area contributed by atoms with Crippen molar-refractivity contribution in [3.63, 3.8) is 0 Å². The number of halogens is 3. The topological polar surface area (TPSA) is 22.1 Å². The summed E-state index contributed by atoms with van der Waals surface area (Å²) in [5, 5.41) is 0. The molecule has 0 radical (unpaired) electrons. The Morgan fingerprint density at radius 3 is 2.73 bits per heavy atom. The molecule has 0 atom stereocenters. The van der Waals surface area contributed by atoms with Crippen molar-refractivity contribution in [3.8, 4) is 5.75 Å². The van der Waals surface area contributed by atoms with E-state index in [0.717, 1.165) is 12.3 Å². The van der Waals surface area contributed by atoms with E-state index in [-0.39, 0.29) is 12.4 Å². The fraction of sp³-hybridized carbons (Fsp3) is 0.222. The van der Waals surface area contributed by atoms with E-state index in [0.29, 0.717) is 0 Å². The second kappa shape index (κ2) is 4.86. The lowest BCUT2D eigenvalue weighted by Gasteiger charge is -2.14. The van der Waals surface area contributed by atoms with E-state index in [4.69, 9.17) is 4.74 Å². The van der Waals surface area contributed by atoms with Gasteiger partial charge in [-0.15, -0.1) is 0 Å². The van der Waals surface area contributed by atoms with Gasteiger partial charge in [0.2, 0.25) is 0 Å². The zero-order valence-electron chi connectivity index (χ0n) is 8.16. The summed E-state index contributed by atoms with van der Waals surface area (Å²) in [6.07, 6.45) is 5.51. The Kier molecular flexibility index (Phi) is 3.77. The molecule has 0 unspecified atom stereocenters. The summed E-state index contributed by atoms with van der Waals surface area (Å²) in [4.78, 5) is 3.48. The largest absolute Gasteiger partial charge is 0.511 e. The highest BCUT2D eigenvalue weighted by Crippen LogP contribution is 2.12. The normalized spacial score (nSPS) is 12.0. The van der Waals surface area contributed by atoms with Gasteiger partial charge in [0.15, 0.2) is 0 Å². The van der Waals surface area contributed by atoms with E-state index in [9.17, 15) is 12.9 Å². The van der Waals surface area contributed by atoms with E-state index in [1.165, 1.54) is 6.20 Å². The number of hydrogen-bond acceptors (Lipinski definition) is 2. The lowest BCUT2D eigenvalue weighted by Crippen LogP contribution is -2.34. The Morgan fingerprint density at radius 2 is 2.13 bits per heavy atom. The van der Waals surface area contributed by atoms with Crippen LogP contribution in [0.15, 0.2) is 30.6 Å². The minimum absolute atomic E-state index is 0.129. The molecule has 0 aliphatic heterocycles. The third-order valence-electron chi connectivity index (χ3n) is 1.69. The Balaban J connectivity index is 2.75. The highest BCUT2D eigenvalue weighted by Gasteiger charge is 2.26. The number of rotatable bonds is 4. The number of hydrogen-bond donors (Lipinski definition) is 0. The van der Waals surface area contributed by atoms with Crippen molar-refractivity contribution < 1.29 is 17.7 Å². The van der Waals surface area contributed by atoms with Crippen LogP contribution in [-0.4, -0.2) is 18.6 Å². The number of pyridine rings is 1. The van der Waals surface area contributed by atoms with E-state index >= 15 is 0 Å². The second-order valence-electron chi connectivity index (χ2n) is 2.91. The molecule has 1 aromatic rings. The average molecular weight is 216 g/mol. The van der Waals surface area contributed by atoms with Gasteiger partial charge in [-0.3, -0.25) is 4.98 Å². The van der Waals surface area contributed by atoms with Gasteiger partial charge in [-0.05, 0) is 13.0 Å². The molecule has 0 N–H and O–H groups in total. The van der Waals surface area contributed by atoms with Crippen molar-refractivity contribution in [2.45, 2.75) is 6.92 Å². The first-order valence-electron chi connectivity index (χ1n) is 4.43. The third kappa shape index (κ3) is 3.65. The lowest BCUT2D eigenvalue weighted by atomic mass is 9.81. The van der Waals surface area contributed by atoms with Crippen molar-refractivity contribution in [1.29, 1.82) is 0 Å². The van der Waals surface area contributed by atoms with Crippen molar-refractivity contribution >= 4 is 12.4 Å². The highest BCUT2D eigenvalue weighted by atomic mass is 19.4. The maximum absolute atomic E-state index is 12.3. The van der Waals surface area contributed by atoms with Crippen LogP contribution >= 0.6 is 0 Å². The van der Waals surface area contributed by atoms with Crippen molar-refractivity contribution in [2.75, 3.05) is 6.61 Å². The molecule has 15 heavy (non-hydrogen) atoms. The van der Waals surface area contributed by atoms with Crippen LogP contribution in [0.5, 0.6) is 5.75 Å². The summed E-state index contributed by atoms with van der Waals surface area (Å²) in [6, 6.07) is 0.955. The maximum atomic E-state index is 12.3. The predicted octanol–water partition coefficient (Wildman–Crippen LogP) is 2.09. The van der Waals surface area contributed by atoms with Gasteiger partial charge in [-0.1, -0.05) is 17.6 Å². The zero-order valence-corrected chi connectivity index (χ0v) is 8.16. The summed E-state index contributed by atoms with van der Waals surface area (Å²) >= 11 is 0. The van der Waals surface area contributed by atoms with Crippen LogP contribution in [0.2, 0.25) is 0 Å². The molecular weight excluding hydrogens is 206 g/mol. The van der Waals surface area contributed by atoms with Gasteiger partial charge in [0.05, 0.1) is 6.20 Å². The standard InChI is InChI=1S/C9H10BF3NO/c1-2-3-4-15-9-5-8(6-14-7-9)10(11,12)13/h2-3,5-7H,4H2,1H3/q-1. The van der Waals surface area contributed by atoms with Crippen LogP contribution in [-0.2, 0) is 0 Å². The molecule has 1 heterocycles. The number of aromatic nitrogens is 1. The molecule has 0 aliphatic carbocycles. The van der Waals surface area contributed by atoms with E-state index in [2.05, 4.69) is 4.98 Å².